The van der Waals surface area contributed by atoms with Gasteiger partial charge in [-0.25, -0.2) is 4.98 Å². The quantitative estimate of drug-likeness (QED) is 0.753. The van der Waals surface area contributed by atoms with Crippen LogP contribution in [-0.4, -0.2) is 54.7 Å². The maximum Gasteiger partial charge on any atom is 0.194 e. The number of aryl methyl sites for hydroxylation is 2. The Balaban J connectivity index is 1.82. The summed E-state index contributed by atoms with van der Waals surface area (Å²) >= 11 is 1.74. The van der Waals surface area contributed by atoms with Gasteiger partial charge in [-0.15, -0.1) is 11.3 Å². The van der Waals surface area contributed by atoms with E-state index in [0.717, 1.165) is 43.4 Å². The average molecular weight is 296 g/mol. The molecule has 0 spiro atoms. The first-order chi connectivity index (χ1) is 9.61. The zero-order valence-corrected chi connectivity index (χ0v) is 13.6. The number of fused-ring (bicyclic) bond motifs is 1. The number of thiazole rings is 1. The van der Waals surface area contributed by atoms with Gasteiger partial charge in [-0.1, -0.05) is 0 Å². The zero-order chi connectivity index (χ0) is 14.5. The smallest absolute Gasteiger partial charge is 0.194 e. The van der Waals surface area contributed by atoms with Crippen molar-refractivity contribution in [3.8, 4) is 0 Å². The Labute approximate surface area is 124 Å². The normalized spacial score (nSPS) is 11.8. The topological polar surface area (TPSA) is 41.8 Å². The molecule has 0 atom stereocenters. The Morgan fingerprint density at radius 1 is 1.40 bits per heavy atom. The predicted octanol–water partition coefficient (Wildman–Crippen LogP) is 1.68. The number of ether oxygens (including phenoxy) is 1. The number of imidazole rings is 1. The van der Waals surface area contributed by atoms with Crippen LogP contribution >= 0.6 is 11.3 Å². The third-order valence-electron chi connectivity index (χ3n) is 3.38. The molecular weight excluding hydrogens is 272 g/mol. The van der Waals surface area contributed by atoms with Gasteiger partial charge in [0, 0.05) is 44.4 Å². The van der Waals surface area contributed by atoms with Crippen molar-refractivity contribution >= 4 is 16.3 Å². The Hall–Kier alpha value is -0.950. The summed E-state index contributed by atoms with van der Waals surface area (Å²) in [6.45, 7) is 8.81. The third kappa shape index (κ3) is 3.79. The monoisotopic (exact) mass is 296 g/mol. The first-order valence-electron chi connectivity index (χ1n) is 6.94. The molecule has 112 valence electrons. The SMILES string of the molecule is COCCN(C)CCNCc1c(C)nc2sc(C)cn12. The van der Waals surface area contributed by atoms with E-state index < -0.39 is 0 Å². The molecule has 6 heteroatoms. The summed E-state index contributed by atoms with van der Waals surface area (Å²) in [5.74, 6) is 0. The largest absolute Gasteiger partial charge is 0.383 e. The second kappa shape index (κ2) is 7.17. The lowest BCUT2D eigenvalue weighted by Gasteiger charge is -2.16. The van der Waals surface area contributed by atoms with Gasteiger partial charge in [-0.3, -0.25) is 4.40 Å². The summed E-state index contributed by atoms with van der Waals surface area (Å²) in [4.78, 5) is 9.26. The van der Waals surface area contributed by atoms with Gasteiger partial charge in [0.25, 0.3) is 0 Å². The minimum absolute atomic E-state index is 0.785. The summed E-state index contributed by atoms with van der Waals surface area (Å²) in [6, 6.07) is 0. The van der Waals surface area contributed by atoms with E-state index in [9.17, 15) is 0 Å². The molecule has 5 nitrogen and oxygen atoms in total. The van der Waals surface area contributed by atoms with Crippen molar-refractivity contribution in [3.63, 3.8) is 0 Å². The number of rotatable bonds is 8. The Kier molecular flexibility index (Phi) is 5.54. The first-order valence-corrected chi connectivity index (χ1v) is 7.75. The number of hydrogen-bond donors (Lipinski definition) is 1. The molecule has 0 aliphatic carbocycles. The number of aromatic nitrogens is 2. The van der Waals surface area contributed by atoms with Gasteiger partial charge in [0.05, 0.1) is 18.0 Å². The lowest BCUT2D eigenvalue weighted by atomic mass is 10.3. The zero-order valence-electron chi connectivity index (χ0n) is 12.8. The Bertz CT molecular complexity index is 549. The molecule has 0 unspecified atom stereocenters. The first kappa shape index (κ1) is 15.4. The Morgan fingerprint density at radius 3 is 2.95 bits per heavy atom. The number of nitrogens with one attached hydrogen (secondary N) is 1. The minimum Gasteiger partial charge on any atom is -0.383 e. The molecule has 0 aliphatic rings. The van der Waals surface area contributed by atoms with Crippen molar-refractivity contribution in [1.82, 2.24) is 19.6 Å². The summed E-state index contributed by atoms with van der Waals surface area (Å²) in [5, 5.41) is 3.50. The van der Waals surface area contributed by atoms with Gasteiger partial charge in [-0.05, 0) is 20.9 Å². The van der Waals surface area contributed by atoms with E-state index >= 15 is 0 Å². The van der Waals surface area contributed by atoms with Crippen LogP contribution in [0.3, 0.4) is 0 Å². The fourth-order valence-electron chi connectivity index (χ4n) is 2.16. The van der Waals surface area contributed by atoms with Gasteiger partial charge < -0.3 is 15.0 Å². The fraction of sp³-hybridized carbons (Fsp3) is 0.643. The van der Waals surface area contributed by atoms with E-state index in [0.29, 0.717) is 0 Å². The molecule has 0 saturated carbocycles. The molecule has 2 aromatic rings. The van der Waals surface area contributed by atoms with Crippen molar-refractivity contribution in [3.05, 3.63) is 22.5 Å². The standard InChI is InChI=1S/C14H24N4OS/c1-11-10-18-13(12(2)16-14(18)20-11)9-15-5-6-17(3)7-8-19-4/h10,15H,5-9H2,1-4H3. The molecule has 2 heterocycles. The van der Waals surface area contributed by atoms with E-state index in [4.69, 9.17) is 4.74 Å². The molecule has 2 rings (SSSR count). The number of hydrogen-bond acceptors (Lipinski definition) is 5. The third-order valence-corrected chi connectivity index (χ3v) is 4.28. The van der Waals surface area contributed by atoms with Crippen LogP contribution in [0.2, 0.25) is 0 Å². The number of likely N-dealkylation sites (N-methyl/N-ethyl adjacent to an activating group) is 1. The highest BCUT2D eigenvalue weighted by Crippen LogP contribution is 2.20. The molecule has 2 aromatic heterocycles. The molecule has 0 bridgehead atoms. The molecule has 0 fully saturated rings. The van der Waals surface area contributed by atoms with Gasteiger partial charge in [0.15, 0.2) is 4.96 Å². The predicted molar refractivity (Wildman–Crippen MR) is 83.6 cm³/mol. The molecule has 0 amide bonds. The van der Waals surface area contributed by atoms with Crippen LogP contribution in [0.1, 0.15) is 16.3 Å². The van der Waals surface area contributed by atoms with Crippen LogP contribution in [0.4, 0.5) is 0 Å². The number of methoxy groups -OCH3 is 1. The maximum atomic E-state index is 5.07. The highest BCUT2D eigenvalue weighted by atomic mass is 32.1. The van der Waals surface area contributed by atoms with Gasteiger partial charge in [-0.2, -0.15) is 0 Å². The fourth-order valence-corrected chi connectivity index (χ4v) is 3.05. The highest BCUT2D eigenvalue weighted by molar-refractivity contribution is 7.17. The van der Waals surface area contributed by atoms with Gasteiger partial charge in [0.1, 0.15) is 0 Å². The lowest BCUT2D eigenvalue weighted by Crippen LogP contribution is -2.31. The second-order valence-corrected chi connectivity index (χ2v) is 6.32. The van der Waals surface area contributed by atoms with Crippen molar-refractivity contribution in [2.75, 3.05) is 40.4 Å². The van der Waals surface area contributed by atoms with Crippen LogP contribution in [0.5, 0.6) is 0 Å². The van der Waals surface area contributed by atoms with E-state index in [1.165, 1.54) is 10.6 Å². The van der Waals surface area contributed by atoms with E-state index in [1.807, 2.05) is 0 Å². The summed E-state index contributed by atoms with van der Waals surface area (Å²) in [5.41, 5.74) is 2.39. The highest BCUT2D eigenvalue weighted by Gasteiger charge is 2.10. The minimum atomic E-state index is 0.785. The summed E-state index contributed by atoms with van der Waals surface area (Å²) < 4.78 is 7.28. The average Bonchev–Trinajstić information content (AvgIpc) is 2.88. The Morgan fingerprint density at radius 2 is 2.20 bits per heavy atom. The maximum absolute atomic E-state index is 5.07. The van der Waals surface area contributed by atoms with Crippen molar-refractivity contribution in [1.29, 1.82) is 0 Å². The molecule has 0 aliphatic heterocycles. The van der Waals surface area contributed by atoms with Crippen LogP contribution in [-0.2, 0) is 11.3 Å². The van der Waals surface area contributed by atoms with Crippen LogP contribution in [0, 0.1) is 13.8 Å². The molecule has 1 N–H and O–H groups in total. The second-order valence-electron chi connectivity index (χ2n) is 5.11. The van der Waals surface area contributed by atoms with E-state index in [-0.39, 0.29) is 0 Å². The molecular formula is C14H24N4OS. The molecule has 20 heavy (non-hydrogen) atoms. The van der Waals surface area contributed by atoms with Gasteiger partial charge >= 0.3 is 0 Å². The number of nitrogens with zero attached hydrogens (tertiary/aromatic N) is 3. The van der Waals surface area contributed by atoms with Crippen molar-refractivity contribution < 1.29 is 4.74 Å². The van der Waals surface area contributed by atoms with Crippen LogP contribution in [0.25, 0.3) is 4.96 Å². The van der Waals surface area contributed by atoms with Crippen molar-refractivity contribution in [2.45, 2.75) is 20.4 Å². The molecule has 0 radical (unpaired) electrons. The van der Waals surface area contributed by atoms with Crippen molar-refractivity contribution in [2.24, 2.45) is 0 Å². The lowest BCUT2D eigenvalue weighted by molar-refractivity contribution is 0.161. The van der Waals surface area contributed by atoms with E-state index in [2.05, 4.69) is 46.7 Å². The van der Waals surface area contributed by atoms with Gasteiger partial charge in [0.2, 0.25) is 0 Å². The van der Waals surface area contributed by atoms with Crippen LogP contribution in [0.15, 0.2) is 6.20 Å². The molecule has 0 saturated heterocycles. The summed E-state index contributed by atoms with van der Waals surface area (Å²) in [7, 11) is 3.85. The van der Waals surface area contributed by atoms with E-state index in [1.54, 1.807) is 18.4 Å². The molecule has 0 aromatic carbocycles. The van der Waals surface area contributed by atoms with Crippen LogP contribution < -0.4 is 5.32 Å². The summed E-state index contributed by atoms with van der Waals surface area (Å²) in [6.07, 6.45) is 2.17.